The van der Waals surface area contributed by atoms with Crippen molar-refractivity contribution in [2.24, 2.45) is 5.92 Å². The van der Waals surface area contributed by atoms with E-state index in [9.17, 15) is 9.59 Å². The lowest BCUT2D eigenvalue weighted by Gasteiger charge is -2.23. The van der Waals surface area contributed by atoms with E-state index < -0.39 is 0 Å². The molecule has 126 valence electrons. The van der Waals surface area contributed by atoms with Gasteiger partial charge in [-0.1, -0.05) is 6.07 Å². The van der Waals surface area contributed by atoms with Crippen molar-refractivity contribution in [2.75, 3.05) is 30.4 Å². The van der Waals surface area contributed by atoms with Crippen molar-refractivity contribution < 1.29 is 14.3 Å². The number of carbonyl (C=O) groups excluding carboxylic acids is 2. The summed E-state index contributed by atoms with van der Waals surface area (Å²) in [6.45, 7) is 2.03. The van der Waals surface area contributed by atoms with Crippen LogP contribution < -0.4 is 16.0 Å². The highest BCUT2D eigenvalue weighted by Gasteiger charge is 2.29. The van der Waals surface area contributed by atoms with E-state index in [2.05, 4.69) is 16.0 Å². The lowest BCUT2D eigenvalue weighted by atomic mass is 10.2. The number of anilines is 2. The summed E-state index contributed by atoms with van der Waals surface area (Å²) in [7, 11) is 0. The first-order valence-corrected chi connectivity index (χ1v) is 7.72. The van der Waals surface area contributed by atoms with E-state index in [1.54, 1.807) is 6.07 Å². The van der Waals surface area contributed by atoms with Crippen LogP contribution in [0.5, 0.6) is 0 Å². The van der Waals surface area contributed by atoms with Crippen LogP contribution in [0.3, 0.4) is 0 Å². The van der Waals surface area contributed by atoms with Crippen LogP contribution in [0.15, 0.2) is 24.3 Å². The van der Waals surface area contributed by atoms with Crippen LogP contribution in [-0.2, 0) is 14.3 Å². The van der Waals surface area contributed by atoms with Crippen molar-refractivity contribution in [1.82, 2.24) is 5.32 Å². The molecule has 23 heavy (non-hydrogen) atoms. The molecule has 1 aliphatic heterocycles. The molecule has 1 aromatic rings. The molecule has 1 aromatic carbocycles. The van der Waals surface area contributed by atoms with Gasteiger partial charge in [-0.25, -0.2) is 0 Å². The summed E-state index contributed by atoms with van der Waals surface area (Å²) in [5.41, 5.74) is 1.41. The largest absolute Gasteiger partial charge is 0.378 e. The fourth-order valence-electron chi connectivity index (χ4n) is 2.45. The third kappa shape index (κ3) is 5.49. The van der Waals surface area contributed by atoms with E-state index in [-0.39, 0.29) is 36.2 Å². The highest BCUT2D eigenvalue weighted by Crippen LogP contribution is 2.30. The van der Waals surface area contributed by atoms with Crippen molar-refractivity contribution in [3.05, 3.63) is 24.3 Å². The van der Waals surface area contributed by atoms with Crippen molar-refractivity contribution in [1.29, 1.82) is 0 Å². The van der Waals surface area contributed by atoms with E-state index in [1.165, 1.54) is 0 Å². The number of ether oxygens (including phenoxy) is 1. The summed E-state index contributed by atoms with van der Waals surface area (Å²) in [4.78, 5) is 23.8. The molecule has 3 N–H and O–H groups in total. The summed E-state index contributed by atoms with van der Waals surface area (Å²) in [6, 6.07) is 7.30. The highest BCUT2D eigenvalue weighted by atomic mass is 35.5. The maximum absolute atomic E-state index is 12.0. The smallest absolute Gasteiger partial charge is 0.227 e. The summed E-state index contributed by atoms with van der Waals surface area (Å²) in [6.07, 6.45) is 2.32. The molecule has 1 aliphatic carbocycles. The number of hydrogen-bond donors (Lipinski definition) is 3. The standard InChI is InChI=1S/C16H21N3O3.ClH/c20-15(9-14-10-22-7-6-17-14)18-12-2-1-3-13(8-12)19-16(21)11-4-5-11;/h1-3,8,11,14,17H,4-7,9-10H2,(H,18,20)(H,19,21);1H. The van der Waals surface area contributed by atoms with Gasteiger partial charge in [-0.05, 0) is 31.0 Å². The Labute approximate surface area is 141 Å². The topological polar surface area (TPSA) is 79.5 Å². The second-order valence-electron chi connectivity index (χ2n) is 5.82. The molecule has 7 heteroatoms. The number of hydrogen-bond acceptors (Lipinski definition) is 4. The summed E-state index contributed by atoms with van der Waals surface area (Å²) < 4.78 is 5.33. The zero-order valence-corrected chi connectivity index (χ0v) is 13.7. The van der Waals surface area contributed by atoms with E-state index in [1.807, 2.05) is 18.2 Å². The van der Waals surface area contributed by atoms with Crippen molar-refractivity contribution in [2.45, 2.75) is 25.3 Å². The molecule has 1 saturated carbocycles. The van der Waals surface area contributed by atoms with E-state index >= 15 is 0 Å². The Hall–Kier alpha value is -1.63. The molecule has 0 aromatic heterocycles. The van der Waals surface area contributed by atoms with Crippen LogP contribution in [0.4, 0.5) is 11.4 Å². The maximum Gasteiger partial charge on any atom is 0.227 e. The van der Waals surface area contributed by atoms with Crippen LogP contribution in [0.25, 0.3) is 0 Å². The van der Waals surface area contributed by atoms with Crippen molar-refractivity contribution in [3.63, 3.8) is 0 Å². The first-order chi connectivity index (χ1) is 10.7. The Balaban J connectivity index is 0.00000192. The van der Waals surface area contributed by atoms with Gasteiger partial charge in [0.15, 0.2) is 0 Å². The quantitative estimate of drug-likeness (QED) is 0.764. The number of morpholine rings is 1. The Morgan fingerprint density at radius 3 is 2.61 bits per heavy atom. The van der Waals surface area contributed by atoms with Gasteiger partial charge in [0, 0.05) is 36.3 Å². The lowest BCUT2D eigenvalue weighted by Crippen LogP contribution is -2.43. The van der Waals surface area contributed by atoms with Crippen LogP contribution in [0.1, 0.15) is 19.3 Å². The molecular formula is C16H22ClN3O3. The predicted octanol–water partition coefficient (Wildman–Crippen LogP) is 1.77. The van der Waals surface area contributed by atoms with Gasteiger partial charge in [-0.15, -0.1) is 12.4 Å². The van der Waals surface area contributed by atoms with Crippen molar-refractivity contribution in [3.8, 4) is 0 Å². The number of rotatable bonds is 5. The number of nitrogens with one attached hydrogen (secondary N) is 3. The van der Waals surface area contributed by atoms with Gasteiger partial charge < -0.3 is 20.7 Å². The first kappa shape index (κ1) is 17.7. The van der Waals surface area contributed by atoms with Crippen LogP contribution in [0.2, 0.25) is 0 Å². The number of carbonyl (C=O) groups is 2. The summed E-state index contributed by atoms with van der Waals surface area (Å²) in [5.74, 6) is 0.163. The highest BCUT2D eigenvalue weighted by molar-refractivity contribution is 5.96. The maximum atomic E-state index is 12.0. The van der Waals surface area contributed by atoms with E-state index in [0.29, 0.717) is 31.0 Å². The molecule has 0 spiro atoms. The van der Waals surface area contributed by atoms with Crippen LogP contribution in [-0.4, -0.2) is 37.6 Å². The minimum Gasteiger partial charge on any atom is -0.378 e. The minimum absolute atomic E-state index is 0. The molecule has 1 unspecified atom stereocenters. The Bertz CT molecular complexity index is 557. The molecule has 0 bridgehead atoms. The number of halogens is 1. The monoisotopic (exact) mass is 339 g/mol. The molecule has 1 atom stereocenters. The van der Waals surface area contributed by atoms with Gasteiger partial charge >= 0.3 is 0 Å². The zero-order chi connectivity index (χ0) is 15.4. The molecular weight excluding hydrogens is 318 g/mol. The molecule has 2 fully saturated rings. The van der Waals surface area contributed by atoms with Crippen molar-refractivity contribution >= 4 is 35.6 Å². The van der Waals surface area contributed by atoms with Gasteiger partial charge in [0.25, 0.3) is 0 Å². The normalized spacial score (nSPS) is 20.3. The molecule has 3 rings (SSSR count). The zero-order valence-electron chi connectivity index (χ0n) is 12.8. The van der Waals surface area contributed by atoms with Gasteiger partial charge in [0.1, 0.15) is 0 Å². The van der Waals surface area contributed by atoms with E-state index in [0.717, 1.165) is 19.4 Å². The predicted molar refractivity (Wildman–Crippen MR) is 90.9 cm³/mol. The molecule has 1 heterocycles. The lowest BCUT2D eigenvalue weighted by molar-refractivity contribution is -0.118. The molecule has 6 nitrogen and oxygen atoms in total. The Morgan fingerprint density at radius 2 is 1.96 bits per heavy atom. The molecule has 1 saturated heterocycles. The molecule has 2 amide bonds. The third-order valence-corrected chi connectivity index (χ3v) is 3.79. The second-order valence-corrected chi connectivity index (χ2v) is 5.82. The number of benzene rings is 1. The third-order valence-electron chi connectivity index (χ3n) is 3.79. The van der Waals surface area contributed by atoms with Gasteiger partial charge in [-0.2, -0.15) is 0 Å². The van der Waals surface area contributed by atoms with E-state index in [4.69, 9.17) is 4.74 Å². The van der Waals surface area contributed by atoms with Gasteiger partial charge in [0.05, 0.1) is 13.2 Å². The first-order valence-electron chi connectivity index (χ1n) is 7.72. The Morgan fingerprint density at radius 1 is 1.22 bits per heavy atom. The molecule has 2 aliphatic rings. The average Bonchev–Trinajstić information content (AvgIpc) is 3.33. The average molecular weight is 340 g/mol. The summed E-state index contributed by atoms with van der Waals surface area (Å²) in [5, 5.41) is 8.99. The minimum atomic E-state index is -0.0614. The SMILES string of the molecule is Cl.O=C(CC1COCCN1)Nc1cccc(NC(=O)C2CC2)c1. The van der Waals surface area contributed by atoms with Crippen LogP contribution in [0, 0.1) is 5.92 Å². The van der Waals surface area contributed by atoms with Crippen LogP contribution >= 0.6 is 12.4 Å². The second kappa shape index (κ2) is 8.29. The fourth-order valence-corrected chi connectivity index (χ4v) is 2.45. The fraction of sp³-hybridized carbons (Fsp3) is 0.500. The van der Waals surface area contributed by atoms with Gasteiger partial charge in [0.2, 0.25) is 11.8 Å². The molecule has 0 radical (unpaired) electrons. The Kier molecular flexibility index (Phi) is 6.38. The van der Waals surface area contributed by atoms with Gasteiger partial charge in [-0.3, -0.25) is 9.59 Å². The summed E-state index contributed by atoms with van der Waals surface area (Å²) >= 11 is 0. The number of amides is 2.